The van der Waals surface area contributed by atoms with Gasteiger partial charge in [0.15, 0.2) is 40.9 Å². The van der Waals surface area contributed by atoms with Crippen molar-refractivity contribution in [1.82, 2.24) is 5.32 Å². The number of hydrogen-bond acceptors (Lipinski definition) is 9. The number of amides is 1. The molecule has 0 aromatic rings. The molecule has 1 heterocycles. The van der Waals surface area contributed by atoms with Crippen molar-refractivity contribution in [3.63, 3.8) is 0 Å². The molecular weight excluding hydrogens is 362 g/mol. The van der Waals surface area contributed by atoms with Crippen LogP contribution in [0.2, 0.25) is 0 Å². The van der Waals surface area contributed by atoms with Crippen molar-refractivity contribution in [3.05, 3.63) is 0 Å². The number of carbonyl (C=O) groups is 4. The SMILES string of the molecule is CCC(=O)[C@@]1(O)[C@@H](C(=O)C(O)CC)O[C@H](O)[C@H](NC(C)=O)[C@]1(O)C(=O)CC. The molecule has 0 bridgehead atoms. The number of hydrogen-bond donors (Lipinski definition) is 5. The molecule has 0 spiro atoms. The molecule has 1 rings (SSSR count). The molecule has 0 radical (unpaired) electrons. The van der Waals surface area contributed by atoms with Crippen LogP contribution < -0.4 is 5.32 Å². The molecule has 1 unspecified atom stereocenters. The first-order valence-electron chi connectivity index (χ1n) is 8.76. The largest absolute Gasteiger partial charge is 0.385 e. The number of rotatable bonds is 8. The maximum atomic E-state index is 12.6. The summed E-state index contributed by atoms with van der Waals surface area (Å²) in [4.78, 5) is 49.3. The lowest BCUT2D eigenvalue weighted by atomic mass is 9.64. The molecular formula is C17H27NO9. The van der Waals surface area contributed by atoms with Crippen molar-refractivity contribution >= 4 is 23.3 Å². The van der Waals surface area contributed by atoms with Crippen LogP contribution in [0, 0.1) is 0 Å². The fraction of sp³-hybridized carbons (Fsp3) is 0.765. The Hall–Kier alpha value is -1.72. The standard InChI is InChI=1S/C17H27NO9/c1-5-9(20)12(23)14-17(26,11(22)7-3)16(25,10(21)6-2)13(15(24)27-14)18-8(4)19/h9,13-15,20,24-26H,5-7H2,1-4H3,(H,18,19)/t9?,13-,14+,15-,16+,17+/m0/s1. The predicted molar refractivity (Wildman–Crippen MR) is 90.3 cm³/mol. The van der Waals surface area contributed by atoms with Crippen LogP contribution in [-0.4, -0.2) is 79.4 Å². The molecule has 1 fully saturated rings. The van der Waals surface area contributed by atoms with E-state index in [1.54, 1.807) is 0 Å². The Morgan fingerprint density at radius 3 is 1.93 bits per heavy atom. The highest BCUT2D eigenvalue weighted by Gasteiger charge is 2.72. The van der Waals surface area contributed by atoms with Crippen LogP contribution in [0.3, 0.4) is 0 Å². The van der Waals surface area contributed by atoms with E-state index < -0.39 is 65.4 Å². The molecule has 6 atom stereocenters. The summed E-state index contributed by atoms with van der Waals surface area (Å²) in [6.45, 7) is 5.14. The molecule has 1 saturated heterocycles. The maximum absolute atomic E-state index is 12.6. The van der Waals surface area contributed by atoms with Gasteiger partial charge in [-0.3, -0.25) is 19.2 Å². The number of nitrogens with one attached hydrogen (secondary N) is 1. The van der Waals surface area contributed by atoms with E-state index in [-0.39, 0.29) is 12.8 Å². The van der Waals surface area contributed by atoms with Gasteiger partial charge >= 0.3 is 0 Å². The van der Waals surface area contributed by atoms with Crippen molar-refractivity contribution in [3.8, 4) is 0 Å². The van der Waals surface area contributed by atoms with E-state index in [2.05, 4.69) is 5.32 Å². The molecule has 0 aromatic heterocycles. The first-order chi connectivity index (χ1) is 12.4. The molecule has 0 aliphatic carbocycles. The minimum atomic E-state index is -3.12. The van der Waals surface area contributed by atoms with Crippen molar-refractivity contribution in [2.45, 2.75) is 82.7 Å². The quantitative estimate of drug-likeness (QED) is 0.314. The number of carbonyl (C=O) groups excluding carboxylic acids is 4. The van der Waals surface area contributed by atoms with Gasteiger partial charge in [0.25, 0.3) is 0 Å². The smallest absolute Gasteiger partial charge is 0.217 e. The summed E-state index contributed by atoms with van der Waals surface area (Å²) < 4.78 is 5.06. The average molecular weight is 389 g/mol. The van der Waals surface area contributed by atoms with Gasteiger partial charge in [0, 0.05) is 19.8 Å². The number of ether oxygens (including phenoxy) is 1. The van der Waals surface area contributed by atoms with Crippen molar-refractivity contribution in [2.75, 3.05) is 0 Å². The van der Waals surface area contributed by atoms with Crippen LogP contribution in [-0.2, 0) is 23.9 Å². The fourth-order valence-electron chi connectivity index (χ4n) is 3.29. The van der Waals surface area contributed by atoms with E-state index in [9.17, 15) is 39.6 Å². The lowest BCUT2D eigenvalue weighted by Gasteiger charge is -2.53. The molecule has 10 heteroatoms. The normalized spacial score (nSPS) is 34.6. The highest BCUT2D eigenvalue weighted by Crippen LogP contribution is 2.41. The number of aliphatic hydroxyl groups excluding tert-OH is 2. The molecule has 5 N–H and O–H groups in total. The van der Waals surface area contributed by atoms with E-state index in [0.29, 0.717) is 0 Å². The van der Waals surface area contributed by atoms with Crippen molar-refractivity contribution < 1.29 is 44.3 Å². The summed E-state index contributed by atoms with van der Waals surface area (Å²) in [5.41, 5.74) is -6.17. The minimum Gasteiger partial charge on any atom is -0.385 e. The third kappa shape index (κ3) is 3.67. The van der Waals surface area contributed by atoms with Gasteiger partial charge in [0.1, 0.15) is 12.1 Å². The summed E-state index contributed by atoms with van der Waals surface area (Å²) in [6.07, 6.45) is -6.85. The fourth-order valence-corrected chi connectivity index (χ4v) is 3.29. The van der Waals surface area contributed by atoms with Crippen LogP contribution in [0.5, 0.6) is 0 Å². The van der Waals surface area contributed by atoms with E-state index in [4.69, 9.17) is 4.74 Å². The topological polar surface area (TPSA) is 170 Å². The van der Waals surface area contributed by atoms with Gasteiger partial charge in [-0.15, -0.1) is 0 Å². The van der Waals surface area contributed by atoms with Crippen LogP contribution in [0.15, 0.2) is 0 Å². The number of ketones is 3. The van der Waals surface area contributed by atoms with Gasteiger partial charge in [-0.25, -0.2) is 0 Å². The van der Waals surface area contributed by atoms with E-state index in [0.717, 1.165) is 6.92 Å². The summed E-state index contributed by atoms with van der Waals surface area (Å²) in [6, 6.07) is -1.91. The molecule has 27 heavy (non-hydrogen) atoms. The highest BCUT2D eigenvalue weighted by molar-refractivity contribution is 6.05. The van der Waals surface area contributed by atoms with Gasteiger partial charge in [-0.05, 0) is 6.42 Å². The first kappa shape index (κ1) is 23.3. The lowest BCUT2D eigenvalue weighted by molar-refractivity contribution is -0.296. The molecule has 154 valence electrons. The lowest BCUT2D eigenvalue weighted by Crippen LogP contribution is -2.83. The van der Waals surface area contributed by atoms with Gasteiger partial charge in [-0.2, -0.15) is 0 Å². The van der Waals surface area contributed by atoms with Crippen LogP contribution in [0.4, 0.5) is 0 Å². The second kappa shape index (κ2) is 8.53. The second-order valence-electron chi connectivity index (χ2n) is 6.50. The summed E-state index contributed by atoms with van der Waals surface area (Å²) in [7, 11) is 0. The van der Waals surface area contributed by atoms with Crippen molar-refractivity contribution in [2.24, 2.45) is 0 Å². The third-order valence-electron chi connectivity index (χ3n) is 4.80. The van der Waals surface area contributed by atoms with Crippen molar-refractivity contribution in [1.29, 1.82) is 0 Å². The Labute approximate surface area is 156 Å². The van der Waals surface area contributed by atoms with Crippen LogP contribution in [0.1, 0.15) is 47.0 Å². The molecule has 1 aliphatic rings. The zero-order chi connectivity index (χ0) is 21.2. The Morgan fingerprint density at radius 1 is 1.04 bits per heavy atom. The van der Waals surface area contributed by atoms with E-state index >= 15 is 0 Å². The van der Waals surface area contributed by atoms with Gasteiger partial charge in [0.2, 0.25) is 5.91 Å². The molecule has 0 aromatic carbocycles. The van der Waals surface area contributed by atoms with E-state index in [1.807, 2.05) is 0 Å². The minimum absolute atomic E-state index is 0.0968. The van der Waals surface area contributed by atoms with Gasteiger partial charge < -0.3 is 30.5 Å². The monoisotopic (exact) mass is 389 g/mol. The summed E-state index contributed by atoms with van der Waals surface area (Å²) in [5.74, 6) is -4.16. The Kier molecular flexibility index (Phi) is 7.37. The van der Waals surface area contributed by atoms with Gasteiger partial charge in [0.05, 0.1) is 0 Å². The van der Waals surface area contributed by atoms with Gasteiger partial charge in [-0.1, -0.05) is 20.8 Å². The summed E-state index contributed by atoms with van der Waals surface area (Å²) >= 11 is 0. The molecule has 1 aliphatic heterocycles. The molecule has 10 nitrogen and oxygen atoms in total. The predicted octanol–water partition coefficient (Wildman–Crippen LogP) is -2.03. The molecule has 0 saturated carbocycles. The van der Waals surface area contributed by atoms with Crippen LogP contribution >= 0.6 is 0 Å². The maximum Gasteiger partial charge on any atom is 0.217 e. The van der Waals surface area contributed by atoms with Crippen LogP contribution in [0.25, 0.3) is 0 Å². The molecule has 1 amide bonds. The zero-order valence-corrected chi connectivity index (χ0v) is 15.8. The third-order valence-corrected chi connectivity index (χ3v) is 4.80. The summed E-state index contributed by atoms with van der Waals surface area (Å²) in [5, 5.41) is 44.6. The zero-order valence-electron chi connectivity index (χ0n) is 15.8. The van der Waals surface area contributed by atoms with E-state index in [1.165, 1.54) is 20.8 Å². The Balaban J connectivity index is 3.74. The Bertz CT molecular complexity index is 622. The highest BCUT2D eigenvalue weighted by atomic mass is 16.6. The Morgan fingerprint density at radius 2 is 1.52 bits per heavy atom. The number of aliphatic hydroxyl groups is 4. The average Bonchev–Trinajstić information content (AvgIpc) is 2.64. The number of Topliss-reactive ketones (excluding diaryl/α,β-unsaturated/α-hetero) is 3. The first-order valence-corrected chi connectivity index (χ1v) is 8.76. The second-order valence-corrected chi connectivity index (χ2v) is 6.50.